The van der Waals surface area contributed by atoms with Crippen molar-refractivity contribution in [1.29, 1.82) is 0 Å². The molecule has 3 aromatic carbocycles. The van der Waals surface area contributed by atoms with E-state index in [0.29, 0.717) is 11.5 Å². The molecule has 3 N–H and O–H groups in total. The minimum atomic E-state index is -1.10. The van der Waals surface area contributed by atoms with Gasteiger partial charge in [0.25, 0.3) is 5.91 Å². The first-order valence-corrected chi connectivity index (χ1v) is 9.93. The molecule has 4 aromatic rings. The van der Waals surface area contributed by atoms with Crippen LogP contribution in [0.15, 0.2) is 79.0 Å². The van der Waals surface area contributed by atoms with Gasteiger partial charge in [-0.15, -0.1) is 0 Å². The van der Waals surface area contributed by atoms with Crippen molar-refractivity contribution in [3.63, 3.8) is 0 Å². The maximum absolute atomic E-state index is 13.0. The highest BCUT2D eigenvalue weighted by Gasteiger charge is 2.24. The summed E-state index contributed by atoms with van der Waals surface area (Å²) >= 11 is 0. The number of carboxylic acids is 1. The van der Waals surface area contributed by atoms with Crippen molar-refractivity contribution in [2.45, 2.75) is 19.4 Å². The molecule has 1 amide bonds. The van der Waals surface area contributed by atoms with Gasteiger partial charge in [-0.2, -0.15) is 0 Å². The van der Waals surface area contributed by atoms with Crippen LogP contribution in [0.3, 0.4) is 0 Å². The Morgan fingerprint density at radius 2 is 1.77 bits per heavy atom. The molecule has 0 aliphatic rings. The molecule has 0 unspecified atom stereocenters. The summed E-state index contributed by atoms with van der Waals surface area (Å²) in [5.74, 6) is -0.656. The molecule has 0 saturated heterocycles. The molecule has 6 nitrogen and oxygen atoms in total. The average molecular weight is 414 g/mol. The van der Waals surface area contributed by atoms with Crippen molar-refractivity contribution >= 4 is 22.8 Å². The Kier molecular flexibility index (Phi) is 5.71. The summed E-state index contributed by atoms with van der Waals surface area (Å²) in [6.07, 6.45) is 1.95. The standard InChI is InChI=1S/C25H22N2O4/c1-16-11-12-21-20(13-16)17(15-26-21)14-22(25(29)30)27-24(28)19-9-5-6-10-23(19)31-18-7-3-2-4-8-18/h2-13,15,22,26H,14H2,1H3,(H,27,28)(H,29,30)/t22-/m0/s1. The number of carboxylic acid groups (broad SMARTS) is 1. The van der Waals surface area contributed by atoms with Gasteiger partial charge in [0.1, 0.15) is 17.5 Å². The Balaban J connectivity index is 1.56. The van der Waals surface area contributed by atoms with E-state index < -0.39 is 17.9 Å². The van der Waals surface area contributed by atoms with Gasteiger partial charge in [-0.05, 0) is 48.9 Å². The molecule has 0 radical (unpaired) electrons. The van der Waals surface area contributed by atoms with Crippen LogP contribution in [0.1, 0.15) is 21.5 Å². The first-order chi connectivity index (χ1) is 15.0. The van der Waals surface area contributed by atoms with Gasteiger partial charge >= 0.3 is 5.97 Å². The number of aromatic nitrogens is 1. The van der Waals surface area contributed by atoms with Crippen LogP contribution in [0.5, 0.6) is 11.5 Å². The number of amides is 1. The molecule has 0 saturated carbocycles. The minimum Gasteiger partial charge on any atom is -0.480 e. The summed E-state index contributed by atoms with van der Waals surface area (Å²) < 4.78 is 5.84. The van der Waals surface area contributed by atoms with E-state index >= 15 is 0 Å². The zero-order chi connectivity index (χ0) is 21.8. The van der Waals surface area contributed by atoms with Crippen LogP contribution in [0.25, 0.3) is 10.9 Å². The summed E-state index contributed by atoms with van der Waals surface area (Å²) in [5, 5.41) is 13.3. The lowest BCUT2D eigenvalue weighted by atomic mass is 10.0. The predicted molar refractivity (Wildman–Crippen MR) is 119 cm³/mol. The second kappa shape index (κ2) is 8.75. The number of ether oxygens (including phenoxy) is 1. The van der Waals surface area contributed by atoms with Crippen molar-refractivity contribution in [3.05, 3.63) is 95.7 Å². The Hall–Kier alpha value is -4.06. The van der Waals surface area contributed by atoms with E-state index in [4.69, 9.17) is 4.74 Å². The first-order valence-electron chi connectivity index (χ1n) is 9.93. The number of aryl methyl sites for hydroxylation is 1. The number of nitrogens with one attached hydrogen (secondary N) is 2. The van der Waals surface area contributed by atoms with Gasteiger partial charge in [0.05, 0.1) is 5.56 Å². The number of carbonyl (C=O) groups is 2. The number of fused-ring (bicyclic) bond motifs is 1. The summed E-state index contributed by atoms with van der Waals surface area (Å²) in [5.41, 5.74) is 3.11. The van der Waals surface area contributed by atoms with E-state index in [-0.39, 0.29) is 12.0 Å². The van der Waals surface area contributed by atoms with Gasteiger partial charge in [-0.25, -0.2) is 4.79 Å². The maximum Gasteiger partial charge on any atom is 0.326 e. The maximum atomic E-state index is 13.0. The van der Waals surface area contributed by atoms with Crippen LogP contribution >= 0.6 is 0 Å². The molecule has 0 bridgehead atoms. The van der Waals surface area contributed by atoms with Crippen LogP contribution in [0.2, 0.25) is 0 Å². The van der Waals surface area contributed by atoms with E-state index in [0.717, 1.165) is 22.0 Å². The van der Waals surface area contributed by atoms with Crippen LogP contribution in [-0.2, 0) is 11.2 Å². The molecule has 0 aliphatic carbocycles. The molecule has 0 aliphatic heterocycles. The molecule has 156 valence electrons. The molecule has 4 rings (SSSR count). The number of hydrogen-bond donors (Lipinski definition) is 3. The van der Waals surface area contributed by atoms with E-state index in [2.05, 4.69) is 10.3 Å². The quantitative estimate of drug-likeness (QED) is 0.409. The summed E-state index contributed by atoms with van der Waals surface area (Å²) in [6, 6.07) is 20.7. The molecule has 6 heteroatoms. The lowest BCUT2D eigenvalue weighted by Crippen LogP contribution is -2.42. The van der Waals surface area contributed by atoms with Crippen molar-refractivity contribution in [3.8, 4) is 11.5 Å². The normalized spacial score (nSPS) is 11.8. The highest BCUT2D eigenvalue weighted by atomic mass is 16.5. The Morgan fingerprint density at radius 1 is 1.03 bits per heavy atom. The number of carbonyl (C=O) groups excluding carboxylic acids is 1. The first kappa shape index (κ1) is 20.2. The minimum absolute atomic E-state index is 0.159. The van der Waals surface area contributed by atoms with Crippen molar-refractivity contribution in [1.82, 2.24) is 10.3 Å². The predicted octanol–water partition coefficient (Wildman–Crippen LogP) is 4.69. The zero-order valence-corrected chi connectivity index (χ0v) is 17.0. The van der Waals surface area contributed by atoms with E-state index in [1.807, 2.05) is 43.3 Å². The third kappa shape index (κ3) is 4.59. The van der Waals surface area contributed by atoms with Gasteiger partial charge < -0.3 is 20.1 Å². The number of rotatable bonds is 7. The fourth-order valence-corrected chi connectivity index (χ4v) is 3.48. The van der Waals surface area contributed by atoms with Crippen LogP contribution in [0.4, 0.5) is 0 Å². The third-order valence-electron chi connectivity index (χ3n) is 5.05. The fourth-order valence-electron chi connectivity index (χ4n) is 3.48. The van der Waals surface area contributed by atoms with Crippen LogP contribution < -0.4 is 10.1 Å². The van der Waals surface area contributed by atoms with Crippen molar-refractivity contribution in [2.24, 2.45) is 0 Å². The molecule has 0 spiro atoms. The van der Waals surface area contributed by atoms with Gasteiger partial charge in [0, 0.05) is 23.5 Å². The number of benzene rings is 3. The van der Waals surface area contributed by atoms with E-state index in [1.165, 1.54) is 0 Å². The number of aliphatic carboxylic acids is 1. The van der Waals surface area contributed by atoms with E-state index in [1.54, 1.807) is 42.6 Å². The zero-order valence-electron chi connectivity index (χ0n) is 17.0. The molecule has 1 heterocycles. The van der Waals surface area contributed by atoms with Crippen LogP contribution in [-0.4, -0.2) is 28.0 Å². The summed E-state index contributed by atoms with van der Waals surface area (Å²) in [7, 11) is 0. The summed E-state index contributed by atoms with van der Waals surface area (Å²) in [6.45, 7) is 1.98. The lowest BCUT2D eigenvalue weighted by molar-refractivity contribution is -0.139. The van der Waals surface area contributed by atoms with Gasteiger partial charge in [-0.3, -0.25) is 4.79 Å². The molecule has 1 atom stereocenters. The summed E-state index contributed by atoms with van der Waals surface area (Å²) in [4.78, 5) is 28.0. The van der Waals surface area contributed by atoms with Gasteiger partial charge in [-0.1, -0.05) is 42.0 Å². The number of para-hydroxylation sites is 2. The number of aromatic amines is 1. The third-order valence-corrected chi connectivity index (χ3v) is 5.05. The highest BCUT2D eigenvalue weighted by Crippen LogP contribution is 2.25. The Morgan fingerprint density at radius 3 is 2.55 bits per heavy atom. The molecular formula is C25H22N2O4. The smallest absolute Gasteiger partial charge is 0.326 e. The van der Waals surface area contributed by atoms with Crippen molar-refractivity contribution < 1.29 is 19.4 Å². The van der Waals surface area contributed by atoms with Gasteiger partial charge in [0.2, 0.25) is 0 Å². The second-order valence-corrected chi connectivity index (χ2v) is 7.34. The average Bonchev–Trinajstić information content (AvgIpc) is 3.16. The Labute approximate surface area is 179 Å². The lowest BCUT2D eigenvalue weighted by Gasteiger charge is -2.16. The van der Waals surface area contributed by atoms with Crippen molar-refractivity contribution in [2.75, 3.05) is 0 Å². The second-order valence-electron chi connectivity index (χ2n) is 7.34. The van der Waals surface area contributed by atoms with Gasteiger partial charge in [0.15, 0.2) is 0 Å². The molecule has 1 aromatic heterocycles. The Bertz CT molecular complexity index is 1230. The fraction of sp³-hybridized carbons (Fsp3) is 0.120. The van der Waals surface area contributed by atoms with E-state index in [9.17, 15) is 14.7 Å². The molecule has 31 heavy (non-hydrogen) atoms. The monoisotopic (exact) mass is 414 g/mol. The molecule has 0 fully saturated rings. The largest absolute Gasteiger partial charge is 0.480 e. The topological polar surface area (TPSA) is 91.4 Å². The molecular weight excluding hydrogens is 392 g/mol. The number of hydrogen-bond acceptors (Lipinski definition) is 3. The van der Waals surface area contributed by atoms with Crippen LogP contribution in [0, 0.1) is 6.92 Å². The SMILES string of the molecule is Cc1ccc2[nH]cc(C[C@H](NC(=O)c3ccccc3Oc3ccccc3)C(=O)O)c2c1. The number of H-pyrrole nitrogens is 1. The highest BCUT2D eigenvalue weighted by molar-refractivity contribution is 5.99.